The highest BCUT2D eigenvalue weighted by Gasteiger charge is 2.41. The maximum atomic E-state index is 10.9. The van der Waals surface area contributed by atoms with E-state index < -0.39 is 6.10 Å². The summed E-state index contributed by atoms with van der Waals surface area (Å²) in [7, 11) is 0. The molecule has 2 heterocycles. The monoisotopic (exact) mass is 277 g/mol. The SMILES string of the molecule is CCC(CC)(C(O)Cc1cccnc1N)N1CCCC1. The fourth-order valence-corrected chi connectivity index (χ4v) is 3.56. The van der Waals surface area contributed by atoms with E-state index in [0.717, 1.165) is 31.5 Å². The molecule has 0 aliphatic carbocycles. The molecule has 3 N–H and O–H groups in total. The van der Waals surface area contributed by atoms with Crippen molar-refractivity contribution in [1.29, 1.82) is 0 Å². The van der Waals surface area contributed by atoms with Gasteiger partial charge in [0.15, 0.2) is 0 Å². The summed E-state index contributed by atoms with van der Waals surface area (Å²) in [6.07, 6.45) is 6.28. The predicted molar refractivity (Wildman–Crippen MR) is 82.5 cm³/mol. The van der Waals surface area contributed by atoms with Crippen LogP contribution < -0.4 is 5.73 Å². The summed E-state index contributed by atoms with van der Waals surface area (Å²) in [6, 6.07) is 3.85. The Hall–Kier alpha value is -1.13. The minimum Gasteiger partial charge on any atom is -0.391 e. The van der Waals surface area contributed by atoms with E-state index in [1.54, 1.807) is 6.20 Å². The zero-order valence-electron chi connectivity index (χ0n) is 12.7. The molecule has 1 atom stereocenters. The second-order valence-corrected chi connectivity index (χ2v) is 5.77. The van der Waals surface area contributed by atoms with Crippen LogP contribution in [-0.2, 0) is 6.42 Å². The van der Waals surface area contributed by atoms with Crippen LogP contribution in [0, 0.1) is 0 Å². The Morgan fingerprint density at radius 1 is 1.35 bits per heavy atom. The topological polar surface area (TPSA) is 62.4 Å². The lowest BCUT2D eigenvalue weighted by molar-refractivity contribution is -0.0269. The molecule has 1 aliphatic rings. The number of hydrogen-bond acceptors (Lipinski definition) is 4. The fraction of sp³-hybridized carbons (Fsp3) is 0.688. The van der Waals surface area contributed by atoms with Crippen molar-refractivity contribution in [2.45, 2.75) is 57.6 Å². The minimum atomic E-state index is -0.401. The summed E-state index contributed by atoms with van der Waals surface area (Å²) in [5.74, 6) is 0.536. The third-order valence-corrected chi connectivity index (χ3v) is 4.92. The minimum absolute atomic E-state index is 0.126. The molecule has 0 radical (unpaired) electrons. The smallest absolute Gasteiger partial charge is 0.126 e. The summed E-state index contributed by atoms with van der Waals surface area (Å²) in [5, 5.41) is 10.9. The Bertz CT molecular complexity index is 425. The second-order valence-electron chi connectivity index (χ2n) is 5.77. The van der Waals surface area contributed by atoms with E-state index in [9.17, 15) is 5.11 Å². The van der Waals surface area contributed by atoms with Gasteiger partial charge in [-0.2, -0.15) is 0 Å². The van der Waals surface area contributed by atoms with Gasteiger partial charge in [-0.3, -0.25) is 4.90 Å². The van der Waals surface area contributed by atoms with Crippen LogP contribution in [0.15, 0.2) is 18.3 Å². The van der Waals surface area contributed by atoms with Gasteiger partial charge in [0.05, 0.1) is 6.10 Å². The third kappa shape index (κ3) is 2.81. The van der Waals surface area contributed by atoms with Gasteiger partial charge in [-0.25, -0.2) is 4.98 Å². The quantitative estimate of drug-likeness (QED) is 0.837. The first-order chi connectivity index (χ1) is 9.64. The molecule has 112 valence electrons. The number of anilines is 1. The Balaban J connectivity index is 2.18. The zero-order valence-corrected chi connectivity index (χ0v) is 12.7. The van der Waals surface area contributed by atoms with Gasteiger partial charge in [0.2, 0.25) is 0 Å². The molecular weight excluding hydrogens is 250 g/mol. The van der Waals surface area contributed by atoms with Crippen LogP contribution in [-0.4, -0.2) is 39.7 Å². The lowest BCUT2D eigenvalue weighted by atomic mass is 9.82. The normalized spacial score (nSPS) is 18.4. The van der Waals surface area contributed by atoms with Gasteiger partial charge >= 0.3 is 0 Å². The van der Waals surface area contributed by atoms with Crippen molar-refractivity contribution in [1.82, 2.24) is 9.88 Å². The van der Waals surface area contributed by atoms with Gasteiger partial charge in [0, 0.05) is 18.2 Å². The first kappa shape index (κ1) is 15.3. The first-order valence-electron chi connectivity index (χ1n) is 7.76. The van der Waals surface area contributed by atoms with E-state index in [1.807, 2.05) is 12.1 Å². The van der Waals surface area contributed by atoms with Crippen molar-refractivity contribution in [2.75, 3.05) is 18.8 Å². The number of nitrogens with zero attached hydrogens (tertiary/aromatic N) is 2. The molecule has 20 heavy (non-hydrogen) atoms. The van der Waals surface area contributed by atoms with Crippen LogP contribution in [0.3, 0.4) is 0 Å². The molecule has 4 heteroatoms. The molecule has 0 saturated carbocycles. The Labute approximate surface area is 122 Å². The molecule has 1 fully saturated rings. The van der Waals surface area contributed by atoms with Crippen molar-refractivity contribution < 1.29 is 5.11 Å². The van der Waals surface area contributed by atoms with E-state index in [4.69, 9.17) is 5.73 Å². The largest absolute Gasteiger partial charge is 0.391 e. The van der Waals surface area contributed by atoms with Crippen molar-refractivity contribution >= 4 is 5.82 Å². The van der Waals surface area contributed by atoms with E-state index in [0.29, 0.717) is 12.2 Å². The Kier molecular flexibility index (Phi) is 5.00. The van der Waals surface area contributed by atoms with Crippen molar-refractivity contribution in [3.8, 4) is 0 Å². The van der Waals surface area contributed by atoms with E-state index in [1.165, 1.54) is 12.8 Å². The Morgan fingerprint density at radius 2 is 2.00 bits per heavy atom. The highest BCUT2D eigenvalue weighted by molar-refractivity contribution is 5.39. The maximum absolute atomic E-state index is 10.9. The summed E-state index contributed by atoms with van der Waals surface area (Å²) in [4.78, 5) is 6.59. The molecule has 1 aromatic rings. The molecule has 1 aliphatic heterocycles. The highest BCUT2D eigenvalue weighted by Crippen LogP contribution is 2.33. The van der Waals surface area contributed by atoms with E-state index in [-0.39, 0.29) is 5.54 Å². The molecule has 0 spiro atoms. The number of hydrogen-bond donors (Lipinski definition) is 2. The number of nitrogen functional groups attached to an aromatic ring is 1. The molecule has 0 bridgehead atoms. The second kappa shape index (κ2) is 6.55. The average molecular weight is 277 g/mol. The summed E-state index contributed by atoms with van der Waals surface area (Å²) >= 11 is 0. The number of aromatic nitrogens is 1. The van der Waals surface area contributed by atoms with Crippen LogP contribution >= 0.6 is 0 Å². The van der Waals surface area contributed by atoms with Crippen molar-refractivity contribution in [3.05, 3.63) is 23.9 Å². The molecule has 1 saturated heterocycles. The van der Waals surface area contributed by atoms with E-state index >= 15 is 0 Å². The highest BCUT2D eigenvalue weighted by atomic mass is 16.3. The van der Waals surface area contributed by atoms with Gasteiger partial charge in [0.25, 0.3) is 0 Å². The predicted octanol–water partition coefficient (Wildman–Crippen LogP) is 2.22. The molecule has 0 amide bonds. The number of aliphatic hydroxyl groups excluding tert-OH is 1. The van der Waals surface area contributed by atoms with Gasteiger partial charge in [-0.15, -0.1) is 0 Å². The van der Waals surface area contributed by atoms with E-state index in [2.05, 4.69) is 23.7 Å². The molecule has 1 unspecified atom stereocenters. The molecule has 0 aromatic carbocycles. The average Bonchev–Trinajstić information content (AvgIpc) is 2.98. The van der Waals surface area contributed by atoms with Crippen molar-refractivity contribution in [3.63, 3.8) is 0 Å². The van der Waals surface area contributed by atoms with Crippen LogP contribution in [0.2, 0.25) is 0 Å². The standard InChI is InChI=1S/C16H27N3O/c1-3-16(4-2,19-10-5-6-11-19)14(20)12-13-8-7-9-18-15(13)17/h7-9,14,20H,3-6,10-12H2,1-2H3,(H2,17,18). The Morgan fingerprint density at radius 3 is 2.55 bits per heavy atom. The van der Waals surface area contributed by atoms with Gasteiger partial charge in [-0.1, -0.05) is 19.9 Å². The molecule has 4 nitrogen and oxygen atoms in total. The summed E-state index contributed by atoms with van der Waals surface area (Å²) < 4.78 is 0. The van der Waals surface area contributed by atoms with Crippen LogP contribution in [0.5, 0.6) is 0 Å². The maximum Gasteiger partial charge on any atom is 0.126 e. The number of nitrogens with two attached hydrogens (primary N) is 1. The van der Waals surface area contributed by atoms with Gasteiger partial charge in [0.1, 0.15) is 5.82 Å². The zero-order chi connectivity index (χ0) is 14.6. The van der Waals surface area contributed by atoms with Crippen LogP contribution in [0.4, 0.5) is 5.82 Å². The van der Waals surface area contributed by atoms with Crippen LogP contribution in [0.25, 0.3) is 0 Å². The molecular formula is C16H27N3O. The van der Waals surface area contributed by atoms with Gasteiger partial charge < -0.3 is 10.8 Å². The van der Waals surface area contributed by atoms with Gasteiger partial charge in [-0.05, 0) is 50.4 Å². The number of rotatable bonds is 6. The first-order valence-corrected chi connectivity index (χ1v) is 7.76. The molecule has 2 rings (SSSR count). The van der Waals surface area contributed by atoms with Crippen LogP contribution in [0.1, 0.15) is 45.1 Å². The van der Waals surface area contributed by atoms with Crippen molar-refractivity contribution in [2.24, 2.45) is 0 Å². The molecule has 1 aromatic heterocycles. The lowest BCUT2D eigenvalue weighted by Crippen LogP contribution is -2.55. The number of pyridine rings is 1. The fourth-order valence-electron chi connectivity index (χ4n) is 3.56. The number of aliphatic hydroxyl groups is 1. The summed E-state index contributed by atoms with van der Waals surface area (Å²) in [5.41, 5.74) is 6.74. The third-order valence-electron chi connectivity index (χ3n) is 4.92. The summed E-state index contributed by atoms with van der Waals surface area (Å²) in [6.45, 7) is 6.55. The number of likely N-dealkylation sites (tertiary alicyclic amines) is 1. The lowest BCUT2D eigenvalue weighted by Gasteiger charge is -2.44.